The monoisotopic (exact) mass is 298 g/mol. The molecule has 0 radical (unpaired) electrons. The Morgan fingerprint density at radius 2 is 1.95 bits per heavy atom. The van der Waals surface area contributed by atoms with E-state index in [0.29, 0.717) is 12.3 Å². The zero-order valence-corrected chi connectivity index (χ0v) is 13.1. The lowest BCUT2D eigenvalue weighted by atomic mass is 9.72. The summed E-state index contributed by atoms with van der Waals surface area (Å²) in [7, 11) is 0. The molecule has 0 bridgehead atoms. The Labute approximate surface area is 126 Å². The topological polar surface area (TPSA) is 20.2 Å². The molecule has 2 rings (SSSR count). The number of benzene rings is 1. The van der Waals surface area contributed by atoms with Gasteiger partial charge < -0.3 is 5.11 Å². The number of aliphatic hydroxyl groups is 1. The lowest BCUT2D eigenvalue weighted by molar-refractivity contribution is 0.0133. The molecule has 1 N–H and O–H groups in total. The van der Waals surface area contributed by atoms with Gasteiger partial charge >= 0.3 is 0 Å². The summed E-state index contributed by atoms with van der Waals surface area (Å²) in [6, 6.07) is 4.83. The van der Waals surface area contributed by atoms with E-state index in [9.17, 15) is 9.50 Å². The van der Waals surface area contributed by atoms with Crippen LogP contribution in [0.1, 0.15) is 51.5 Å². The van der Waals surface area contributed by atoms with Crippen LogP contribution < -0.4 is 0 Å². The van der Waals surface area contributed by atoms with Gasteiger partial charge in [0.15, 0.2) is 0 Å². The van der Waals surface area contributed by atoms with Crippen molar-refractivity contribution in [2.45, 2.75) is 58.5 Å². The highest BCUT2D eigenvalue weighted by Gasteiger charge is 2.40. The van der Waals surface area contributed by atoms with Crippen molar-refractivity contribution in [1.82, 2.24) is 0 Å². The molecule has 1 unspecified atom stereocenters. The first kappa shape index (κ1) is 15.8. The van der Waals surface area contributed by atoms with E-state index in [-0.39, 0.29) is 10.4 Å². The molecule has 0 heterocycles. The average molecular weight is 299 g/mol. The maximum absolute atomic E-state index is 13.5. The van der Waals surface area contributed by atoms with Crippen LogP contribution in [0, 0.1) is 17.2 Å². The first-order chi connectivity index (χ1) is 9.43. The predicted molar refractivity (Wildman–Crippen MR) is 81.5 cm³/mol. The van der Waals surface area contributed by atoms with E-state index in [2.05, 4.69) is 13.8 Å². The normalized spacial score (nSPS) is 19.5. The number of hydrogen-bond donors (Lipinski definition) is 1. The first-order valence-corrected chi connectivity index (χ1v) is 7.93. The lowest BCUT2D eigenvalue weighted by Gasteiger charge is -2.36. The highest BCUT2D eigenvalue weighted by atomic mass is 35.5. The Morgan fingerprint density at radius 3 is 2.50 bits per heavy atom. The van der Waals surface area contributed by atoms with Crippen molar-refractivity contribution in [3.63, 3.8) is 0 Å². The van der Waals surface area contributed by atoms with Crippen LogP contribution in [0.3, 0.4) is 0 Å². The summed E-state index contributed by atoms with van der Waals surface area (Å²) in [5.41, 5.74) is 0.846. The fourth-order valence-corrected chi connectivity index (χ4v) is 3.79. The van der Waals surface area contributed by atoms with Gasteiger partial charge in [0.25, 0.3) is 0 Å². The number of rotatable bonds is 5. The van der Waals surface area contributed by atoms with Crippen molar-refractivity contribution in [3.05, 3.63) is 34.6 Å². The molecule has 1 aromatic rings. The minimum atomic E-state index is -0.402. The van der Waals surface area contributed by atoms with Gasteiger partial charge in [-0.15, -0.1) is 0 Å². The first-order valence-electron chi connectivity index (χ1n) is 7.55. The number of hydrogen-bond acceptors (Lipinski definition) is 1. The summed E-state index contributed by atoms with van der Waals surface area (Å²) < 4.78 is 13.5. The molecule has 1 fully saturated rings. The van der Waals surface area contributed by atoms with E-state index < -0.39 is 11.9 Å². The maximum atomic E-state index is 13.5. The van der Waals surface area contributed by atoms with E-state index in [1.807, 2.05) is 6.07 Å². The lowest BCUT2D eigenvalue weighted by Crippen LogP contribution is -2.35. The second-order valence-corrected chi connectivity index (χ2v) is 7.04. The van der Waals surface area contributed by atoms with Gasteiger partial charge in [0.05, 0.1) is 11.1 Å². The summed E-state index contributed by atoms with van der Waals surface area (Å²) in [4.78, 5) is 0. The maximum Gasteiger partial charge on any atom is 0.142 e. The molecular formula is C17H24ClFO. The van der Waals surface area contributed by atoms with Crippen LogP contribution in [0.2, 0.25) is 5.02 Å². The molecule has 3 heteroatoms. The smallest absolute Gasteiger partial charge is 0.142 e. The number of halogens is 2. The van der Waals surface area contributed by atoms with Gasteiger partial charge in [0.1, 0.15) is 5.82 Å². The van der Waals surface area contributed by atoms with Gasteiger partial charge in [-0.3, -0.25) is 0 Å². The molecule has 1 atom stereocenters. The molecule has 20 heavy (non-hydrogen) atoms. The van der Waals surface area contributed by atoms with Crippen LogP contribution in [0.5, 0.6) is 0 Å². The summed E-state index contributed by atoms with van der Waals surface area (Å²) in [6.45, 7) is 4.41. The molecule has 0 aliphatic heterocycles. The van der Waals surface area contributed by atoms with Crippen molar-refractivity contribution in [2.24, 2.45) is 11.3 Å². The molecule has 0 spiro atoms. The largest absolute Gasteiger partial charge is 0.392 e. The second-order valence-electron chi connectivity index (χ2n) is 6.64. The van der Waals surface area contributed by atoms with Gasteiger partial charge in [-0.25, -0.2) is 4.39 Å². The van der Waals surface area contributed by atoms with Crippen molar-refractivity contribution in [2.75, 3.05) is 0 Å². The molecule has 0 aromatic heterocycles. The highest BCUT2D eigenvalue weighted by molar-refractivity contribution is 6.30. The van der Waals surface area contributed by atoms with Crippen LogP contribution in [0.25, 0.3) is 0 Å². The number of aliphatic hydroxyl groups excluding tert-OH is 1. The predicted octanol–water partition coefficient (Wildman–Crippen LogP) is 4.99. The molecule has 0 amide bonds. The zero-order valence-electron chi connectivity index (χ0n) is 12.3. The van der Waals surface area contributed by atoms with Crippen molar-refractivity contribution < 1.29 is 9.50 Å². The van der Waals surface area contributed by atoms with Gasteiger partial charge in [-0.05, 0) is 54.7 Å². The van der Waals surface area contributed by atoms with Crippen molar-refractivity contribution in [3.8, 4) is 0 Å². The Hall–Kier alpha value is -0.600. The van der Waals surface area contributed by atoms with Crippen LogP contribution in [0.15, 0.2) is 18.2 Å². The Morgan fingerprint density at radius 1 is 1.30 bits per heavy atom. The van der Waals surface area contributed by atoms with E-state index in [0.717, 1.165) is 24.8 Å². The van der Waals surface area contributed by atoms with Crippen LogP contribution in [-0.2, 0) is 6.42 Å². The molecule has 1 aromatic carbocycles. The summed E-state index contributed by atoms with van der Waals surface area (Å²) in [6.07, 6.45) is 5.72. The van der Waals surface area contributed by atoms with Crippen molar-refractivity contribution in [1.29, 1.82) is 0 Å². The third-order valence-electron chi connectivity index (χ3n) is 4.53. The van der Waals surface area contributed by atoms with Crippen LogP contribution in [-0.4, -0.2) is 11.2 Å². The summed E-state index contributed by atoms with van der Waals surface area (Å²) in [5, 5.41) is 10.8. The second kappa shape index (κ2) is 6.44. The fourth-order valence-electron chi connectivity index (χ4n) is 3.67. The van der Waals surface area contributed by atoms with Gasteiger partial charge in [0.2, 0.25) is 0 Å². The quantitative estimate of drug-likeness (QED) is 0.812. The molecule has 1 nitrogen and oxygen atoms in total. The Balaban J connectivity index is 2.12. The zero-order chi connectivity index (χ0) is 14.8. The minimum Gasteiger partial charge on any atom is -0.392 e. The summed E-state index contributed by atoms with van der Waals surface area (Å²) in [5.74, 6) is 0.172. The summed E-state index contributed by atoms with van der Waals surface area (Å²) >= 11 is 5.70. The van der Waals surface area contributed by atoms with Gasteiger partial charge in [-0.1, -0.05) is 44.4 Å². The van der Waals surface area contributed by atoms with E-state index in [4.69, 9.17) is 11.6 Å². The van der Waals surface area contributed by atoms with Gasteiger partial charge in [0, 0.05) is 0 Å². The molecular weight excluding hydrogens is 275 g/mol. The Bertz CT molecular complexity index is 452. The third kappa shape index (κ3) is 3.53. The molecule has 112 valence electrons. The molecule has 1 aliphatic carbocycles. The van der Waals surface area contributed by atoms with Gasteiger partial charge in [-0.2, -0.15) is 0 Å². The van der Waals surface area contributed by atoms with E-state index in [1.165, 1.54) is 18.9 Å². The van der Waals surface area contributed by atoms with Crippen molar-refractivity contribution >= 4 is 11.6 Å². The molecule has 1 saturated carbocycles. The standard InChI is InChI=1S/C17H24ClFO/c1-12(2)11-17(7-3-4-8-17)16(20)10-13-5-6-14(18)15(19)9-13/h5-6,9,12,16,20H,3-4,7-8,10-11H2,1-2H3. The average Bonchev–Trinajstić information content (AvgIpc) is 2.83. The SMILES string of the molecule is CC(C)CC1(C(O)Cc2ccc(Cl)c(F)c2)CCCC1. The third-order valence-corrected chi connectivity index (χ3v) is 4.84. The fraction of sp³-hybridized carbons (Fsp3) is 0.647. The van der Waals surface area contributed by atoms with E-state index in [1.54, 1.807) is 6.07 Å². The van der Waals surface area contributed by atoms with E-state index >= 15 is 0 Å². The molecule has 0 saturated heterocycles. The van der Waals surface area contributed by atoms with Crippen LogP contribution in [0.4, 0.5) is 4.39 Å². The molecule has 1 aliphatic rings. The highest BCUT2D eigenvalue weighted by Crippen LogP contribution is 2.46. The Kier molecular flexibility index (Phi) is 5.09. The van der Waals surface area contributed by atoms with Crippen LogP contribution >= 0.6 is 11.6 Å². The minimum absolute atomic E-state index is 0.0181.